The Labute approximate surface area is 223 Å². The molecule has 3 N–H and O–H groups in total. The number of primary amides is 1. The first-order valence-corrected chi connectivity index (χ1v) is 13.5. The lowest BCUT2D eigenvalue weighted by atomic mass is 10.0. The molecule has 1 aliphatic rings. The van der Waals surface area contributed by atoms with Crippen LogP contribution in [0.1, 0.15) is 16.1 Å². The van der Waals surface area contributed by atoms with Crippen molar-refractivity contribution in [3.8, 4) is 16.9 Å². The maximum atomic E-state index is 13.7. The van der Waals surface area contributed by atoms with E-state index < -0.39 is 28.0 Å². The highest BCUT2D eigenvalue weighted by Gasteiger charge is 2.36. The van der Waals surface area contributed by atoms with Crippen LogP contribution in [-0.4, -0.2) is 61.0 Å². The molecule has 3 heterocycles. The predicted molar refractivity (Wildman–Crippen MR) is 140 cm³/mol. The number of ether oxygens (including phenoxy) is 2. The molecule has 0 bridgehead atoms. The van der Waals surface area contributed by atoms with Gasteiger partial charge in [-0.15, -0.1) is 0 Å². The fourth-order valence-electron chi connectivity index (χ4n) is 4.53. The van der Waals surface area contributed by atoms with Crippen molar-refractivity contribution in [2.45, 2.75) is 17.9 Å². The van der Waals surface area contributed by atoms with Crippen LogP contribution in [0.15, 0.2) is 59.6 Å². The van der Waals surface area contributed by atoms with Gasteiger partial charge in [0.25, 0.3) is 5.91 Å². The molecule has 0 saturated carbocycles. The zero-order valence-electron chi connectivity index (χ0n) is 20.3. The van der Waals surface area contributed by atoms with Crippen molar-refractivity contribution in [1.29, 1.82) is 0 Å². The van der Waals surface area contributed by atoms with Crippen LogP contribution in [0.2, 0.25) is 5.02 Å². The van der Waals surface area contributed by atoms with Crippen molar-refractivity contribution >= 4 is 38.4 Å². The first-order valence-electron chi connectivity index (χ1n) is 11.7. The van der Waals surface area contributed by atoms with E-state index in [0.717, 1.165) is 11.1 Å². The highest BCUT2D eigenvalue weighted by atomic mass is 35.5. The molecule has 0 radical (unpaired) electrons. The molecule has 12 heteroatoms. The van der Waals surface area contributed by atoms with Gasteiger partial charge >= 0.3 is 0 Å². The van der Waals surface area contributed by atoms with E-state index >= 15 is 0 Å². The van der Waals surface area contributed by atoms with Gasteiger partial charge in [-0.25, -0.2) is 13.4 Å². The van der Waals surface area contributed by atoms with Crippen molar-refractivity contribution in [3.05, 3.63) is 77.0 Å². The number of fused-ring (bicyclic) bond motifs is 1. The fourth-order valence-corrected chi connectivity index (χ4v) is 6.49. The Morgan fingerprint density at radius 2 is 2.08 bits per heavy atom. The van der Waals surface area contributed by atoms with Crippen LogP contribution in [0.3, 0.4) is 0 Å². The summed E-state index contributed by atoms with van der Waals surface area (Å²) in [4.78, 5) is 18.3. The third-order valence-corrected chi connectivity index (χ3v) is 8.52. The number of H-pyrrole nitrogens is 1. The summed E-state index contributed by atoms with van der Waals surface area (Å²) in [5.41, 5.74) is 8.14. The molecule has 1 amide bonds. The Hall–Kier alpha value is -3.51. The van der Waals surface area contributed by atoms with Gasteiger partial charge in [-0.3, -0.25) is 4.79 Å². The van der Waals surface area contributed by atoms with Gasteiger partial charge in [-0.05, 0) is 60.0 Å². The molecule has 5 rings (SSSR count). The number of rotatable bonds is 7. The summed E-state index contributed by atoms with van der Waals surface area (Å²) in [5.74, 6) is -0.890. The van der Waals surface area contributed by atoms with Gasteiger partial charge in [0.1, 0.15) is 29.0 Å². The van der Waals surface area contributed by atoms with E-state index in [1.807, 2.05) is 19.1 Å². The molecule has 2 aromatic heterocycles. The van der Waals surface area contributed by atoms with E-state index in [0.29, 0.717) is 21.9 Å². The second-order valence-electron chi connectivity index (χ2n) is 8.89. The van der Waals surface area contributed by atoms with E-state index in [4.69, 9.17) is 26.8 Å². The SMILES string of the molecule is Cc1cc(OCC2CN(S(=O)(=O)c3c(C(N)=O)[nH]c4ccc(Cl)cc34)CCO2)ccc1-c1ccnc(F)c1. The van der Waals surface area contributed by atoms with Gasteiger partial charge in [0.2, 0.25) is 16.0 Å². The van der Waals surface area contributed by atoms with Crippen LogP contribution in [0.4, 0.5) is 4.39 Å². The third-order valence-electron chi connectivity index (χ3n) is 6.33. The van der Waals surface area contributed by atoms with Crippen LogP contribution in [0.5, 0.6) is 5.75 Å². The number of hydrogen-bond acceptors (Lipinski definition) is 6. The van der Waals surface area contributed by atoms with Gasteiger partial charge < -0.3 is 20.2 Å². The predicted octanol–water partition coefficient (Wildman–Crippen LogP) is 3.90. The van der Waals surface area contributed by atoms with Crippen LogP contribution in [0.25, 0.3) is 22.0 Å². The lowest BCUT2D eigenvalue weighted by molar-refractivity contribution is -0.0249. The molecule has 0 spiro atoms. The first kappa shape index (κ1) is 26.1. The standard InChI is InChI=1S/C26H24ClFN4O5S/c1-15-10-18(3-4-20(15)16-6-7-30-23(28)11-16)37-14-19-13-32(8-9-36-19)38(34,35)25-21-12-17(27)2-5-22(21)31-24(25)26(29)33/h2-7,10-12,19,31H,8-9,13-14H2,1H3,(H2,29,33). The Balaban J connectivity index is 1.33. The Morgan fingerprint density at radius 1 is 1.26 bits per heavy atom. The number of amides is 1. The number of carbonyl (C=O) groups excluding carboxylic acids is 1. The Morgan fingerprint density at radius 3 is 2.82 bits per heavy atom. The molecule has 1 fully saturated rings. The minimum absolute atomic E-state index is 0.0150. The maximum absolute atomic E-state index is 13.7. The highest BCUT2D eigenvalue weighted by molar-refractivity contribution is 7.89. The summed E-state index contributed by atoms with van der Waals surface area (Å²) >= 11 is 6.11. The molecular formula is C26H24ClFN4O5S. The third kappa shape index (κ3) is 5.10. The van der Waals surface area contributed by atoms with Crippen molar-refractivity contribution < 1.29 is 27.1 Å². The van der Waals surface area contributed by atoms with Gasteiger partial charge in [0.15, 0.2) is 0 Å². The number of aromatic amines is 1. The summed E-state index contributed by atoms with van der Waals surface area (Å²) in [6, 6.07) is 13.2. The Kier molecular flexibility index (Phi) is 7.10. The number of nitrogens with one attached hydrogen (secondary N) is 1. The highest BCUT2D eigenvalue weighted by Crippen LogP contribution is 2.32. The molecule has 1 saturated heterocycles. The quantitative estimate of drug-likeness (QED) is 0.331. The fraction of sp³-hybridized carbons (Fsp3) is 0.231. The van der Waals surface area contributed by atoms with Crippen molar-refractivity contribution in [1.82, 2.24) is 14.3 Å². The lowest BCUT2D eigenvalue weighted by Crippen LogP contribution is -2.47. The topological polar surface area (TPSA) is 128 Å². The smallest absolute Gasteiger partial charge is 0.266 e. The number of halogens is 2. The Bertz CT molecular complexity index is 1640. The van der Waals surface area contributed by atoms with E-state index in [2.05, 4.69) is 9.97 Å². The second-order valence-corrected chi connectivity index (χ2v) is 11.2. The number of nitrogens with zero attached hydrogens (tertiary/aromatic N) is 2. The molecule has 1 unspecified atom stereocenters. The molecule has 9 nitrogen and oxygen atoms in total. The molecule has 0 aliphatic carbocycles. The number of nitrogens with two attached hydrogens (primary N) is 1. The molecule has 1 atom stereocenters. The van der Waals surface area contributed by atoms with E-state index in [9.17, 15) is 17.6 Å². The normalized spacial score (nSPS) is 16.6. The summed E-state index contributed by atoms with van der Waals surface area (Å²) in [7, 11) is -4.13. The molecule has 38 heavy (non-hydrogen) atoms. The monoisotopic (exact) mass is 558 g/mol. The minimum atomic E-state index is -4.13. The largest absolute Gasteiger partial charge is 0.491 e. The summed E-state index contributed by atoms with van der Waals surface area (Å²) in [6.45, 7) is 2.24. The zero-order valence-corrected chi connectivity index (χ0v) is 21.9. The van der Waals surface area contributed by atoms with Crippen LogP contribution >= 0.6 is 11.6 Å². The van der Waals surface area contributed by atoms with Crippen molar-refractivity contribution in [3.63, 3.8) is 0 Å². The summed E-state index contributed by atoms with van der Waals surface area (Å²) in [6.07, 6.45) is 0.852. The number of aryl methyl sites for hydroxylation is 1. The van der Waals surface area contributed by atoms with Crippen LogP contribution < -0.4 is 10.5 Å². The summed E-state index contributed by atoms with van der Waals surface area (Å²) in [5, 5.41) is 0.614. The first-order chi connectivity index (χ1) is 18.1. The average Bonchev–Trinajstić information content (AvgIpc) is 3.27. The number of benzene rings is 2. The van der Waals surface area contributed by atoms with Gasteiger partial charge in [0.05, 0.1) is 6.61 Å². The second kappa shape index (κ2) is 10.3. The van der Waals surface area contributed by atoms with Crippen LogP contribution in [0, 0.1) is 12.9 Å². The molecule has 1 aliphatic heterocycles. The van der Waals surface area contributed by atoms with Crippen molar-refractivity contribution in [2.24, 2.45) is 5.73 Å². The average molecular weight is 559 g/mol. The molecule has 2 aromatic carbocycles. The van der Waals surface area contributed by atoms with Crippen LogP contribution in [-0.2, 0) is 14.8 Å². The number of pyridine rings is 1. The number of hydrogen-bond donors (Lipinski definition) is 2. The van der Waals surface area contributed by atoms with Gasteiger partial charge in [0, 0.05) is 41.3 Å². The zero-order chi connectivity index (χ0) is 27.0. The molecule has 4 aromatic rings. The summed E-state index contributed by atoms with van der Waals surface area (Å²) < 4.78 is 53.8. The lowest BCUT2D eigenvalue weighted by Gasteiger charge is -2.32. The van der Waals surface area contributed by atoms with E-state index in [1.54, 1.807) is 24.3 Å². The van der Waals surface area contributed by atoms with Gasteiger partial charge in [-0.1, -0.05) is 17.7 Å². The number of carbonyl (C=O) groups is 1. The minimum Gasteiger partial charge on any atom is -0.491 e. The number of morpholine rings is 1. The maximum Gasteiger partial charge on any atom is 0.266 e. The van der Waals surface area contributed by atoms with E-state index in [-0.39, 0.29) is 42.3 Å². The van der Waals surface area contributed by atoms with E-state index in [1.165, 1.54) is 22.6 Å². The number of aromatic nitrogens is 2. The molecule has 198 valence electrons. The van der Waals surface area contributed by atoms with Gasteiger partial charge in [-0.2, -0.15) is 8.70 Å². The number of sulfonamides is 1. The molecular weight excluding hydrogens is 535 g/mol. The van der Waals surface area contributed by atoms with Crippen molar-refractivity contribution in [2.75, 3.05) is 26.3 Å².